The van der Waals surface area contributed by atoms with Crippen molar-refractivity contribution < 1.29 is 0 Å². The molecule has 0 amide bonds. The monoisotopic (exact) mass is 200 g/mol. The second kappa shape index (κ2) is 4.43. The standard InChI is InChI=1S/C8H16N4S/c1-6(5-12(2)3)10-8-4-7(9)11-13-8/h4,6,10H,5H2,1-3H3,(H2,9,11). The largest absolute Gasteiger partial charge is 0.383 e. The van der Waals surface area contributed by atoms with Gasteiger partial charge in [-0.1, -0.05) is 0 Å². The molecule has 13 heavy (non-hydrogen) atoms. The molecule has 5 heteroatoms. The van der Waals surface area contributed by atoms with Crippen LogP contribution in [-0.4, -0.2) is 36.0 Å². The van der Waals surface area contributed by atoms with Crippen molar-refractivity contribution >= 4 is 22.4 Å². The maximum Gasteiger partial charge on any atom is 0.139 e. The Morgan fingerprint density at radius 3 is 2.85 bits per heavy atom. The van der Waals surface area contributed by atoms with Crippen LogP contribution in [0.2, 0.25) is 0 Å². The van der Waals surface area contributed by atoms with E-state index in [9.17, 15) is 0 Å². The van der Waals surface area contributed by atoms with E-state index >= 15 is 0 Å². The number of likely N-dealkylation sites (N-methyl/N-ethyl adjacent to an activating group) is 1. The van der Waals surface area contributed by atoms with E-state index in [-0.39, 0.29) is 0 Å². The highest BCUT2D eigenvalue weighted by molar-refractivity contribution is 7.10. The summed E-state index contributed by atoms with van der Waals surface area (Å²) in [6, 6.07) is 2.27. The van der Waals surface area contributed by atoms with Crippen LogP contribution >= 0.6 is 11.5 Å². The van der Waals surface area contributed by atoms with Gasteiger partial charge in [0.1, 0.15) is 10.8 Å². The van der Waals surface area contributed by atoms with Gasteiger partial charge in [-0.25, -0.2) is 0 Å². The van der Waals surface area contributed by atoms with Crippen molar-refractivity contribution in [2.75, 3.05) is 31.7 Å². The molecule has 1 atom stereocenters. The first-order valence-corrected chi connectivity index (χ1v) is 4.98. The summed E-state index contributed by atoms with van der Waals surface area (Å²) in [5.41, 5.74) is 5.50. The van der Waals surface area contributed by atoms with Crippen LogP contribution in [0.1, 0.15) is 6.92 Å². The zero-order valence-electron chi connectivity index (χ0n) is 8.24. The van der Waals surface area contributed by atoms with E-state index in [0.29, 0.717) is 11.9 Å². The van der Waals surface area contributed by atoms with Gasteiger partial charge in [-0.3, -0.25) is 0 Å². The molecule has 1 unspecified atom stereocenters. The van der Waals surface area contributed by atoms with Gasteiger partial charge in [0, 0.05) is 18.7 Å². The SMILES string of the molecule is CC(CN(C)C)Nc1cc(N)ns1. The Balaban J connectivity index is 2.40. The molecule has 0 saturated carbocycles. The molecule has 1 rings (SSSR count). The quantitative estimate of drug-likeness (QED) is 0.764. The molecule has 74 valence electrons. The van der Waals surface area contributed by atoms with Crippen molar-refractivity contribution in [3.05, 3.63) is 6.07 Å². The highest BCUT2D eigenvalue weighted by Gasteiger charge is 2.04. The zero-order valence-corrected chi connectivity index (χ0v) is 9.06. The number of anilines is 2. The van der Waals surface area contributed by atoms with Gasteiger partial charge >= 0.3 is 0 Å². The van der Waals surface area contributed by atoms with Crippen molar-refractivity contribution in [3.63, 3.8) is 0 Å². The van der Waals surface area contributed by atoms with Crippen molar-refractivity contribution in [2.24, 2.45) is 0 Å². The van der Waals surface area contributed by atoms with Crippen molar-refractivity contribution in [1.29, 1.82) is 0 Å². The third-order valence-corrected chi connectivity index (χ3v) is 2.29. The maximum atomic E-state index is 5.50. The van der Waals surface area contributed by atoms with E-state index in [1.165, 1.54) is 11.5 Å². The summed E-state index contributed by atoms with van der Waals surface area (Å²) < 4.78 is 3.99. The maximum absolute atomic E-state index is 5.50. The highest BCUT2D eigenvalue weighted by atomic mass is 32.1. The Kier molecular flexibility index (Phi) is 3.50. The van der Waals surface area contributed by atoms with Crippen LogP contribution < -0.4 is 11.1 Å². The Labute approximate surface area is 82.9 Å². The molecule has 1 aromatic heterocycles. The number of nitrogens with two attached hydrogens (primary N) is 1. The minimum Gasteiger partial charge on any atom is -0.383 e. The predicted molar refractivity (Wildman–Crippen MR) is 58.2 cm³/mol. The van der Waals surface area contributed by atoms with E-state index in [0.717, 1.165) is 11.5 Å². The number of nitrogens with one attached hydrogen (secondary N) is 1. The average molecular weight is 200 g/mol. The Morgan fingerprint density at radius 2 is 2.38 bits per heavy atom. The molecule has 0 spiro atoms. The van der Waals surface area contributed by atoms with E-state index in [2.05, 4.69) is 35.6 Å². The normalized spacial score (nSPS) is 13.2. The molecule has 0 aliphatic heterocycles. The number of nitrogen functional groups attached to an aromatic ring is 1. The lowest BCUT2D eigenvalue weighted by molar-refractivity contribution is 0.392. The fourth-order valence-electron chi connectivity index (χ4n) is 1.19. The van der Waals surface area contributed by atoms with Gasteiger partial charge in [0.15, 0.2) is 0 Å². The minimum atomic E-state index is 0.412. The van der Waals surface area contributed by atoms with Crippen LogP contribution in [0.3, 0.4) is 0 Å². The Morgan fingerprint density at radius 1 is 1.69 bits per heavy atom. The fourth-order valence-corrected chi connectivity index (χ4v) is 1.88. The molecule has 3 N–H and O–H groups in total. The van der Waals surface area contributed by atoms with Crippen molar-refractivity contribution in [3.8, 4) is 0 Å². The van der Waals surface area contributed by atoms with Gasteiger partial charge in [-0.05, 0) is 32.6 Å². The molecule has 1 aromatic rings. The van der Waals surface area contributed by atoms with Gasteiger partial charge < -0.3 is 16.0 Å². The summed E-state index contributed by atoms with van der Waals surface area (Å²) in [5.74, 6) is 0.588. The lowest BCUT2D eigenvalue weighted by atomic mass is 10.3. The second-order valence-corrected chi connectivity index (χ2v) is 4.23. The van der Waals surface area contributed by atoms with E-state index in [1.54, 1.807) is 0 Å². The van der Waals surface area contributed by atoms with Crippen LogP contribution in [0.5, 0.6) is 0 Å². The molecule has 0 fully saturated rings. The summed E-state index contributed by atoms with van der Waals surface area (Å²) >= 11 is 1.40. The topological polar surface area (TPSA) is 54.2 Å². The third-order valence-electron chi connectivity index (χ3n) is 1.56. The number of nitrogens with zero attached hydrogens (tertiary/aromatic N) is 2. The van der Waals surface area contributed by atoms with Gasteiger partial charge in [0.2, 0.25) is 0 Å². The Hall–Kier alpha value is -0.810. The zero-order chi connectivity index (χ0) is 9.84. The fraction of sp³-hybridized carbons (Fsp3) is 0.625. The van der Waals surface area contributed by atoms with Gasteiger partial charge in [0.05, 0.1) is 0 Å². The molecule has 0 aliphatic carbocycles. The number of rotatable bonds is 4. The smallest absolute Gasteiger partial charge is 0.139 e. The van der Waals surface area contributed by atoms with Crippen LogP contribution in [-0.2, 0) is 0 Å². The number of hydrogen-bond donors (Lipinski definition) is 2. The average Bonchev–Trinajstić information content (AvgIpc) is 2.33. The summed E-state index contributed by atoms with van der Waals surface area (Å²) in [6.07, 6.45) is 0. The Bertz CT molecular complexity index is 258. The van der Waals surface area contributed by atoms with Gasteiger partial charge in [-0.2, -0.15) is 4.37 Å². The lowest BCUT2D eigenvalue weighted by Crippen LogP contribution is -2.29. The molecule has 0 aliphatic rings. The van der Waals surface area contributed by atoms with Crippen LogP contribution in [0.25, 0.3) is 0 Å². The van der Waals surface area contributed by atoms with E-state index in [1.807, 2.05) is 6.07 Å². The predicted octanol–water partition coefficient (Wildman–Crippen LogP) is 1.09. The number of hydrogen-bond acceptors (Lipinski definition) is 5. The van der Waals surface area contributed by atoms with Crippen LogP contribution in [0.4, 0.5) is 10.8 Å². The summed E-state index contributed by atoms with van der Waals surface area (Å²) in [6.45, 7) is 3.13. The molecule has 0 bridgehead atoms. The molecule has 1 heterocycles. The molecule has 4 nitrogen and oxygen atoms in total. The van der Waals surface area contributed by atoms with E-state index in [4.69, 9.17) is 5.73 Å². The highest BCUT2D eigenvalue weighted by Crippen LogP contribution is 2.18. The van der Waals surface area contributed by atoms with Crippen molar-refractivity contribution in [1.82, 2.24) is 9.27 Å². The summed E-state index contributed by atoms with van der Waals surface area (Å²) in [4.78, 5) is 2.14. The van der Waals surface area contributed by atoms with Gasteiger partial charge in [0.25, 0.3) is 0 Å². The molecule has 0 radical (unpaired) electrons. The lowest BCUT2D eigenvalue weighted by Gasteiger charge is -2.17. The summed E-state index contributed by atoms with van der Waals surface area (Å²) in [5, 5.41) is 4.36. The molecule has 0 saturated heterocycles. The molecule has 0 aromatic carbocycles. The minimum absolute atomic E-state index is 0.412. The van der Waals surface area contributed by atoms with E-state index < -0.39 is 0 Å². The molecular formula is C8H16N4S. The first-order valence-electron chi connectivity index (χ1n) is 4.21. The second-order valence-electron chi connectivity index (χ2n) is 3.42. The van der Waals surface area contributed by atoms with Crippen molar-refractivity contribution in [2.45, 2.75) is 13.0 Å². The van der Waals surface area contributed by atoms with Crippen LogP contribution in [0, 0.1) is 0 Å². The molecular weight excluding hydrogens is 184 g/mol. The number of aromatic nitrogens is 1. The third kappa shape index (κ3) is 3.61. The first kappa shape index (κ1) is 10.3. The van der Waals surface area contributed by atoms with Gasteiger partial charge in [-0.15, -0.1) is 0 Å². The first-order chi connectivity index (χ1) is 6.08. The summed E-state index contributed by atoms with van der Waals surface area (Å²) in [7, 11) is 4.11. The van der Waals surface area contributed by atoms with Crippen LogP contribution in [0.15, 0.2) is 6.07 Å².